The summed E-state index contributed by atoms with van der Waals surface area (Å²) in [7, 11) is -4.81. The molecule has 0 unspecified atom stereocenters. The highest BCUT2D eigenvalue weighted by Crippen LogP contribution is 2.52. The fraction of sp³-hybridized carbons (Fsp3) is 0.727. The summed E-state index contributed by atoms with van der Waals surface area (Å²) in [6, 6.07) is 0. The van der Waals surface area contributed by atoms with E-state index in [0.29, 0.717) is 0 Å². The van der Waals surface area contributed by atoms with E-state index in [2.05, 4.69) is 0 Å². The Labute approximate surface area is 102 Å². The van der Waals surface area contributed by atoms with E-state index in [0.717, 1.165) is 6.08 Å². The average Bonchev–Trinajstić information content (AvgIpc) is 2.18. The second-order valence-electron chi connectivity index (χ2n) is 3.82. The van der Waals surface area contributed by atoms with Crippen molar-refractivity contribution in [2.24, 2.45) is 0 Å². The van der Waals surface area contributed by atoms with Gasteiger partial charge in [-0.2, -0.15) is 0 Å². The zero-order chi connectivity index (χ0) is 13.7. The van der Waals surface area contributed by atoms with E-state index < -0.39 is 18.7 Å². The average molecular weight is 262 g/mol. The van der Waals surface area contributed by atoms with Crippen LogP contribution in [0.2, 0.25) is 0 Å². The Morgan fingerprint density at radius 2 is 1.76 bits per heavy atom. The van der Waals surface area contributed by atoms with Gasteiger partial charge in [0.25, 0.3) is 0 Å². The maximum absolute atomic E-state index is 11.4. The molecule has 0 aromatic carbocycles. The first kappa shape index (κ1) is 16.4. The molecule has 0 aromatic rings. The second-order valence-corrected chi connectivity index (χ2v) is 5.67. The number of rotatable bonds is 6. The van der Waals surface area contributed by atoms with Crippen LogP contribution in [0.5, 0.6) is 0 Å². The van der Waals surface area contributed by atoms with E-state index in [-0.39, 0.29) is 25.0 Å². The molecule has 0 aliphatic rings. The van der Waals surface area contributed by atoms with E-state index in [9.17, 15) is 19.1 Å². The number of allylic oxidation sites excluding steroid dienone is 1. The Balaban J connectivity index is 5.36. The van der Waals surface area contributed by atoms with Gasteiger partial charge in [0.15, 0.2) is 0 Å². The lowest BCUT2D eigenvalue weighted by atomic mass is 9.93. The molecule has 0 N–H and O–H groups in total. The quantitative estimate of drug-likeness (QED) is 0.404. The van der Waals surface area contributed by atoms with Crippen LogP contribution in [-0.4, -0.2) is 17.7 Å². The molecule has 0 aromatic heterocycles. The standard InChI is InChI=1S/C11H21O5P/c1-5-11(6-2,17(13,14)15)9(4)8-10(12)16-7-3/h8H,5-7H2,1-4H3,(H2,13,14,15)/p-2/b9-8+. The lowest BCUT2D eigenvalue weighted by molar-refractivity contribution is -0.320. The third-order valence-corrected chi connectivity index (χ3v) is 5.08. The Hall–Kier alpha value is -0.640. The molecule has 17 heavy (non-hydrogen) atoms. The number of hydrogen-bond acceptors (Lipinski definition) is 5. The third kappa shape index (κ3) is 3.66. The molecule has 0 radical (unpaired) electrons. The van der Waals surface area contributed by atoms with Gasteiger partial charge in [0.05, 0.1) is 6.61 Å². The first-order chi connectivity index (χ1) is 7.75. The van der Waals surface area contributed by atoms with Gasteiger partial charge in [-0.05, 0) is 26.7 Å². The molecule has 100 valence electrons. The summed E-state index contributed by atoms with van der Waals surface area (Å²) in [5.74, 6) is -0.621. The lowest BCUT2D eigenvalue weighted by Crippen LogP contribution is -2.39. The van der Waals surface area contributed by atoms with Crippen molar-refractivity contribution in [3.05, 3.63) is 11.6 Å². The van der Waals surface area contributed by atoms with Crippen LogP contribution in [0.25, 0.3) is 0 Å². The predicted octanol–water partition coefficient (Wildman–Crippen LogP) is 0.968. The molecule has 0 fully saturated rings. The molecule has 0 rings (SSSR count). The van der Waals surface area contributed by atoms with E-state index >= 15 is 0 Å². The topological polar surface area (TPSA) is 89.5 Å². The predicted molar refractivity (Wildman–Crippen MR) is 61.3 cm³/mol. The summed E-state index contributed by atoms with van der Waals surface area (Å²) in [4.78, 5) is 34.0. The van der Waals surface area contributed by atoms with Gasteiger partial charge in [-0.15, -0.1) is 0 Å². The molecule has 0 atom stereocenters. The zero-order valence-electron chi connectivity index (χ0n) is 10.7. The van der Waals surface area contributed by atoms with Crippen LogP contribution in [0, 0.1) is 0 Å². The van der Waals surface area contributed by atoms with Gasteiger partial charge in [-0.1, -0.05) is 27.0 Å². The molecule has 0 aliphatic heterocycles. The Morgan fingerprint density at radius 1 is 1.29 bits per heavy atom. The van der Waals surface area contributed by atoms with Crippen molar-refractivity contribution in [2.45, 2.75) is 45.7 Å². The maximum atomic E-state index is 11.4. The SMILES string of the molecule is CCOC(=O)/C=C(\C)C(CC)(CC)P(=O)([O-])[O-]. The van der Waals surface area contributed by atoms with Crippen LogP contribution in [0.4, 0.5) is 0 Å². The summed E-state index contributed by atoms with van der Waals surface area (Å²) >= 11 is 0. The van der Waals surface area contributed by atoms with Crippen LogP contribution in [0.3, 0.4) is 0 Å². The molecule has 6 heteroatoms. The van der Waals surface area contributed by atoms with Gasteiger partial charge in [0.1, 0.15) is 0 Å². The molecule has 0 heterocycles. The number of carbonyl (C=O) groups excluding carboxylic acids is 1. The molecule has 0 saturated carbocycles. The highest BCUT2D eigenvalue weighted by Gasteiger charge is 2.32. The Morgan fingerprint density at radius 3 is 2.06 bits per heavy atom. The molecule has 0 spiro atoms. The van der Waals surface area contributed by atoms with Crippen molar-refractivity contribution >= 4 is 13.6 Å². The molecule has 0 aliphatic carbocycles. The fourth-order valence-corrected chi connectivity index (χ4v) is 3.18. The number of ether oxygens (including phenoxy) is 1. The van der Waals surface area contributed by atoms with E-state index in [1.807, 2.05) is 0 Å². The monoisotopic (exact) mass is 262 g/mol. The largest absolute Gasteiger partial charge is 0.810 e. The molecule has 0 saturated heterocycles. The smallest absolute Gasteiger partial charge is 0.330 e. The highest BCUT2D eigenvalue weighted by atomic mass is 31.2. The first-order valence-corrected chi connectivity index (χ1v) is 7.17. The van der Waals surface area contributed by atoms with Gasteiger partial charge in [0, 0.05) is 11.2 Å². The van der Waals surface area contributed by atoms with Gasteiger partial charge in [-0.25, -0.2) is 4.79 Å². The van der Waals surface area contributed by atoms with Crippen molar-refractivity contribution in [2.75, 3.05) is 6.61 Å². The van der Waals surface area contributed by atoms with Crippen LogP contribution in [0.15, 0.2) is 11.6 Å². The van der Waals surface area contributed by atoms with Crippen molar-refractivity contribution < 1.29 is 23.9 Å². The van der Waals surface area contributed by atoms with Gasteiger partial charge >= 0.3 is 5.97 Å². The normalized spacial score (nSPS) is 13.6. The maximum Gasteiger partial charge on any atom is 0.330 e. The minimum atomic E-state index is -4.81. The number of esters is 1. The van der Waals surface area contributed by atoms with Crippen LogP contribution in [0.1, 0.15) is 40.5 Å². The van der Waals surface area contributed by atoms with Crippen molar-refractivity contribution in [1.82, 2.24) is 0 Å². The first-order valence-electron chi connectivity index (χ1n) is 5.62. The van der Waals surface area contributed by atoms with E-state index in [4.69, 9.17) is 4.74 Å². The van der Waals surface area contributed by atoms with Gasteiger partial charge in [-0.3, -0.25) is 0 Å². The Bertz CT molecular complexity index is 338. The molecule has 0 bridgehead atoms. The summed E-state index contributed by atoms with van der Waals surface area (Å²) < 4.78 is 16.1. The van der Waals surface area contributed by atoms with Gasteiger partial charge in [0.2, 0.25) is 0 Å². The summed E-state index contributed by atoms with van der Waals surface area (Å²) in [5.41, 5.74) is 0.245. The second kappa shape index (κ2) is 6.34. The van der Waals surface area contributed by atoms with E-state index in [1.54, 1.807) is 20.8 Å². The van der Waals surface area contributed by atoms with Gasteiger partial charge < -0.3 is 19.1 Å². The minimum Gasteiger partial charge on any atom is -0.810 e. The number of carbonyl (C=O) groups is 1. The summed E-state index contributed by atoms with van der Waals surface area (Å²) in [5, 5.41) is -1.49. The van der Waals surface area contributed by atoms with Crippen LogP contribution >= 0.6 is 7.60 Å². The van der Waals surface area contributed by atoms with Crippen molar-refractivity contribution in [3.63, 3.8) is 0 Å². The summed E-state index contributed by atoms with van der Waals surface area (Å²) in [6.45, 7) is 6.58. The van der Waals surface area contributed by atoms with E-state index in [1.165, 1.54) is 6.92 Å². The lowest BCUT2D eigenvalue weighted by Gasteiger charge is -2.50. The molecule has 0 amide bonds. The van der Waals surface area contributed by atoms with Crippen molar-refractivity contribution in [1.29, 1.82) is 0 Å². The molecule has 5 nitrogen and oxygen atoms in total. The fourth-order valence-electron chi connectivity index (χ4n) is 1.91. The highest BCUT2D eigenvalue weighted by molar-refractivity contribution is 7.51. The Kier molecular flexibility index (Phi) is 6.10. The zero-order valence-corrected chi connectivity index (χ0v) is 11.6. The molecular weight excluding hydrogens is 243 g/mol. The molecular formula is C11H19O5P-2. The summed E-state index contributed by atoms with van der Waals surface area (Å²) in [6.07, 6.45) is 1.39. The third-order valence-electron chi connectivity index (χ3n) is 3.05. The minimum absolute atomic E-state index is 0.148. The van der Waals surface area contributed by atoms with Crippen molar-refractivity contribution in [3.8, 4) is 0 Å². The number of hydrogen-bond donors (Lipinski definition) is 0. The van der Waals surface area contributed by atoms with Crippen LogP contribution in [-0.2, 0) is 14.1 Å². The van der Waals surface area contributed by atoms with Crippen LogP contribution < -0.4 is 9.79 Å².